The lowest BCUT2D eigenvalue weighted by molar-refractivity contribution is -0.119. The molecular formula is C13H21N5O. The molecule has 0 saturated carbocycles. The van der Waals surface area contributed by atoms with Crippen LogP contribution in [-0.4, -0.2) is 53.5 Å². The van der Waals surface area contributed by atoms with Gasteiger partial charge in [0.05, 0.1) is 6.54 Å². The van der Waals surface area contributed by atoms with Crippen LogP contribution >= 0.6 is 0 Å². The Kier molecular flexibility index (Phi) is 4.31. The van der Waals surface area contributed by atoms with Crippen LogP contribution < -0.4 is 10.6 Å². The van der Waals surface area contributed by atoms with E-state index >= 15 is 0 Å². The van der Waals surface area contributed by atoms with E-state index in [-0.39, 0.29) is 5.91 Å². The predicted octanol–water partition coefficient (Wildman–Crippen LogP) is 0.207. The van der Waals surface area contributed by atoms with Crippen LogP contribution in [0.25, 0.3) is 0 Å². The van der Waals surface area contributed by atoms with Gasteiger partial charge in [0.25, 0.3) is 0 Å². The minimum absolute atomic E-state index is 0.272. The van der Waals surface area contributed by atoms with Gasteiger partial charge in [-0.15, -0.1) is 0 Å². The van der Waals surface area contributed by atoms with Crippen LogP contribution in [0, 0.1) is 0 Å². The molecule has 0 atom stereocenters. The van der Waals surface area contributed by atoms with Gasteiger partial charge in [-0.2, -0.15) is 0 Å². The molecule has 1 fully saturated rings. The lowest BCUT2D eigenvalue weighted by Crippen LogP contribution is -2.49. The zero-order valence-electron chi connectivity index (χ0n) is 11.5. The Labute approximate surface area is 113 Å². The summed E-state index contributed by atoms with van der Waals surface area (Å²) in [5.74, 6) is 0.940. The van der Waals surface area contributed by atoms with Crippen molar-refractivity contribution in [1.82, 2.24) is 14.9 Å². The molecule has 1 aliphatic rings. The summed E-state index contributed by atoms with van der Waals surface area (Å²) in [6.45, 7) is 7.88. The highest BCUT2D eigenvalue weighted by molar-refractivity contribution is 5.75. The van der Waals surface area contributed by atoms with Gasteiger partial charge in [0.1, 0.15) is 0 Å². The van der Waals surface area contributed by atoms with E-state index in [9.17, 15) is 4.79 Å². The standard InChI is InChI=1S/C13H21N5O/c1-10(2)11-7-15-13(16-8-11)18-5-3-17(4-6-18)9-12(14)19/h7-8,10H,3-6,9H2,1-2H3,(H2,14,19). The number of carbonyl (C=O) groups is 1. The van der Waals surface area contributed by atoms with Gasteiger partial charge in [0.2, 0.25) is 11.9 Å². The lowest BCUT2D eigenvalue weighted by Gasteiger charge is -2.33. The van der Waals surface area contributed by atoms with Gasteiger partial charge in [-0.3, -0.25) is 9.69 Å². The van der Waals surface area contributed by atoms with Gasteiger partial charge in [-0.05, 0) is 11.5 Å². The van der Waals surface area contributed by atoms with Crippen LogP contribution in [0.2, 0.25) is 0 Å². The topological polar surface area (TPSA) is 75.3 Å². The Morgan fingerprint density at radius 3 is 2.32 bits per heavy atom. The van der Waals surface area contributed by atoms with Crippen molar-refractivity contribution in [3.05, 3.63) is 18.0 Å². The number of rotatable bonds is 4. The molecule has 1 amide bonds. The largest absolute Gasteiger partial charge is 0.369 e. The second kappa shape index (κ2) is 5.97. The molecule has 104 valence electrons. The molecule has 1 aromatic heterocycles. The molecule has 0 aliphatic carbocycles. The van der Waals surface area contributed by atoms with Crippen molar-refractivity contribution >= 4 is 11.9 Å². The number of nitrogens with zero attached hydrogens (tertiary/aromatic N) is 4. The molecule has 2 heterocycles. The van der Waals surface area contributed by atoms with Gasteiger partial charge in [0.15, 0.2) is 0 Å². The van der Waals surface area contributed by atoms with Crippen LogP contribution in [0.3, 0.4) is 0 Å². The second-order valence-corrected chi connectivity index (χ2v) is 5.20. The Hall–Kier alpha value is -1.69. The molecule has 6 nitrogen and oxygen atoms in total. The maximum Gasteiger partial charge on any atom is 0.231 e. The summed E-state index contributed by atoms with van der Waals surface area (Å²) in [7, 11) is 0. The number of piperazine rings is 1. The summed E-state index contributed by atoms with van der Waals surface area (Å²) >= 11 is 0. The molecule has 0 bridgehead atoms. The van der Waals surface area contributed by atoms with E-state index in [1.165, 1.54) is 0 Å². The number of amides is 1. The minimum Gasteiger partial charge on any atom is -0.369 e. The van der Waals surface area contributed by atoms with Gasteiger partial charge in [0, 0.05) is 38.6 Å². The van der Waals surface area contributed by atoms with Gasteiger partial charge in [-0.1, -0.05) is 13.8 Å². The highest BCUT2D eigenvalue weighted by Gasteiger charge is 2.19. The number of aromatic nitrogens is 2. The van der Waals surface area contributed by atoms with E-state index < -0.39 is 0 Å². The molecule has 0 aromatic carbocycles. The molecule has 1 saturated heterocycles. The van der Waals surface area contributed by atoms with Gasteiger partial charge >= 0.3 is 0 Å². The Bertz CT molecular complexity index is 423. The van der Waals surface area contributed by atoms with E-state index in [0.717, 1.165) is 37.7 Å². The SMILES string of the molecule is CC(C)c1cnc(N2CCN(CC(N)=O)CC2)nc1. The summed E-state index contributed by atoms with van der Waals surface area (Å²) in [6.07, 6.45) is 3.78. The van der Waals surface area contributed by atoms with Gasteiger partial charge in [-0.25, -0.2) is 9.97 Å². The van der Waals surface area contributed by atoms with E-state index in [1.807, 2.05) is 12.4 Å². The fraction of sp³-hybridized carbons (Fsp3) is 0.615. The van der Waals surface area contributed by atoms with Crippen molar-refractivity contribution in [2.75, 3.05) is 37.6 Å². The molecule has 0 spiro atoms. The molecule has 2 N–H and O–H groups in total. The Balaban J connectivity index is 1.92. The number of anilines is 1. The molecular weight excluding hydrogens is 242 g/mol. The summed E-state index contributed by atoms with van der Waals surface area (Å²) in [6, 6.07) is 0. The minimum atomic E-state index is -0.272. The van der Waals surface area contributed by atoms with Gasteiger partial charge < -0.3 is 10.6 Å². The average molecular weight is 263 g/mol. The van der Waals surface area contributed by atoms with Crippen molar-refractivity contribution < 1.29 is 4.79 Å². The summed E-state index contributed by atoms with van der Waals surface area (Å²) in [5.41, 5.74) is 6.34. The summed E-state index contributed by atoms with van der Waals surface area (Å²) < 4.78 is 0. The Morgan fingerprint density at radius 2 is 1.84 bits per heavy atom. The Morgan fingerprint density at radius 1 is 1.26 bits per heavy atom. The second-order valence-electron chi connectivity index (χ2n) is 5.20. The molecule has 1 aliphatic heterocycles. The molecule has 2 rings (SSSR count). The van der Waals surface area contributed by atoms with Crippen LogP contribution in [0.4, 0.5) is 5.95 Å². The number of carbonyl (C=O) groups excluding carboxylic acids is 1. The average Bonchev–Trinajstić information content (AvgIpc) is 2.39. The molecule has 6 heteroatoms. The van der Waals surface area contributed by atoms with E-state index in [0.29, 0.717) is 12.5 Å². The highest BCUT2D eigenvalue weighted by Crippen LogP contribution is 2.15. The first-order valence-corrected chi connectivity index (χ1v) is 6.64. The van der Waals surface area contributed by atoms with E-state index in [4.69, 9.17) is 5.73 Å². The number of hydrogen-bond acceptors (Lipinski definition) is 5. The first-order chi connectivity index (χ1) is 9.06. The number of primary amides is 1. The van der Waals surface area contributed by atoms with Crippen LogP contribution in [0.1, 0.15) is 25.3 Å². The van der Waals surface area contributed by atoms with Crippen LogP contribution in [-0.2, 0) is 4.79 Å². The van der Waals surface area contributed by atoms with Crippen molar-refractivity contribution in [3.8, 4) is 0 Å². The third-order valence-electron chi connectivity index (χ3n) is 3.36. The molecule has 19 heavy (non-hydrogen) atoms. The lowest BCUT2D eigenvalue weighted by atomic mass is 10.1. The number of nitrogens with two attached hydrogens (primary N) is 1. The quantitative estimate of drug-likeness (QED) is 0.840. The van der Waals surface area contributed by atoms with Crippen molar-refractivity contribution in [3.63, 3.8) is 0 Å². The first-order valence-electron chi connectivity index (χ1n) is 6.64. The monoisotopic (exact) mass is 263 g/mol. The summed E-state index contributed by atoms with van der Waals surface area (Å²) in [4.78, 5) is 23.9. The molecule has 0 radical (unpaired) electrons. The van der Waals surface area contributed by atoms with Crippen molar-refractivity contribution in [1.29, 1.82) is 0 Å². The third kappa shape index (κ3) is 3.64. The highest BCUT2D eigenvalue weighted by atomic mass is 16.1. The molecule has 1 aromatic rings. The normalized spacial score (nSPS) is 16.9. The predicted molar refractivity (Wildman–Crippen MR) is 74.0 cm³/mol. The van der Waals surface area contributed by atoms with Crippen LogP contribution in [0.5, 0.6) is 0 Å². The van der Waals surface area contributed by atoms with E-state index in [1.54, 1.807) is 0 Å². The van der Waals surface area contributed by atoms with Crippen molar-refractivity contribution in [2.45, 2.75) is 19.8 Å². The van der Waals surface area contributed by atoms with Crippen LogP contribution in [0.15, 0.2) is 12.4 Å². The molecule has 0 unspecified atom stereocenters. The maximum absolute atomic E-state index is 10.9. The van der Waals surface area contributed by atoms with Crippen molar-refractivity contribution in [2.24, 2.45) is 5.73 Å². The fourth-order valence-corrected chi connectivity index (χ4v) is 2.12. The fourth-order valence-electron chi connectivity index (χ4n) is 2.12. The summed E-state index contributed by atoms with van der Waals surface area (Å²) in [5, 5.41) is 0. The number of hydrogen-bond donors (Lipinski definition) is 1. The maximum atomic E-state index is 10.9. The smallest absolute Gasteiger partial charge is 0.231 e. The van der Waals surface area contributed by atoms with E-state index in [2.05, 4.69) is 33.6 Å². The third-order valence-corrected chi connectivity index (χ3v) is 3.36. The zero-order chi connectivity index (χ0) is 13.8. The zero-order valence-corrected chi connectivity index (χ0v) is 11.5. The first kappa shape index (κ1) is 13.7.